The topological polar surface area (TPSA) is 72.3 Å². The summed E-state index contributed by atoms with van der Waals surface area (Å²) >= 11 is 0. The quantitative estimate of drug-likeness (QED) is 0.445. The SMILES string of the molecule is O=C1CCn2cc(-c3ccccc3)nc2C(c2ccccc2)N1S(=O)(=O)Cc1ccccc1. The molecule has 0 radical (unpaired) electrons. The molecule has 7 heteroatoms. The Hall–Kier alpha value is -3.71. The van der Waals surface area contributed by atoms with Crippen LogP contribution in [0.4, 0.5) is 0 Å². The van der Waals surface area contributed by atoms with Gasteiger partial charge in [-0.3, -0.25) is 4.79 Å². The van der Waals surface area contributed by atoms with Crippen molar-refractivity contribution in [2.75, 3.05) is 0 Å². The number of hydrogen-bond acceptors (Lipinski definition) is 4. The summed E-state index contributed by atoms with van der Waals surface area (Å²) in [7, 11) is -3.97. The number of amides is 1. The number of fused-ring (bicyclic) bond motifs is 1. The maximum Gasteiger partial charge on any atom is 0.242 e. The molecule has 0 N–H and O–H groups in total. The minimum atomic E-state index is -3.97. The van der Waals surface area contributed by atoms with Gasteiger partial charge >= 0.3 is 0 Å². The summed E-state index contributed by atoms with van der Waals surface area (Å²) < 4.78 is 30.3. The van der Waals surface area contributed by atoms with Crippen LogP contribution in [0.5, 0.6) is 0 Å². The molecule has 0 saturated heterocycles. The van der Waals surface area contributed by atoms with Gasteiger partial charge in [0.15, 0.2) is 0 Å². The van der Waals surface area contributed by atoms with E-state index in [0.29, 0.717) is 23.5 Å². The largest absolute Gasteiger partial charge is 0.332 e. The van der Waals surface area contributed by atoms with Crippen LogP contribution in [0, 0.1) is 0 Å². The van der Waals surface area contributed by atoms with Crippen molar-refractivity contribution in [1.82, 2.24) is 13.9 Å². The Kier molecular flexibility index (Phi) is 5.56. The first-order chi connectivity index (χ1) is 16.0. The Morgan fingerprint density at radius 2 is 1.45 bits per heavy atom. The van der Waals surface area contributed by atoms with E-state index in [-0.39, 0.29) is 12.2 Å². The van der Waals surface area contributed by atoms with E-state index >= 15 is 0 Å². The first-order valence-electron chi connectivity index (χ1n) is 10.8. The molecule has 1 unspecified atom stereocenters. The van der Waals surface area contributed by atoms with Gasteiger partial charge < -0.3 is 4.57 Å². The first-order valence-corrected chi connectivity index (χ1v) is 12.4. The third-order valence-electron chi connectivity index (χ3n) is 5.78. The van der Waals surface area contributed by atoms with Gasteiger partial charge in [0, 0.05) is 24.7 Å². The number of rotatable bonds is 5. The predicted octanol–water partition coefficient (Wildman–Crippen LogP) is 4.40. The van der Waals surface area contributed by atoms with Crippen molar-refractivity contribution in [3.63, 3.8) is 0 Å². The van der Waals surface area contributed by atoms with Crippen molar-refractivity contribution >= 4 is 15.9 Å². The summed E-state index contributed by atoms with van der Waals surface area (Å²) in [5, 5.41) is 0. The number of carbonyl (C=O) groups excluding carboxylic acids is 1. The first kappa shape index (κ1) is 21.2. The molecule has 1 atom stereocenters. The van der Waals surface area contributed by atoms with Crippen molar-refractivity contribution in [2.45, 2.75) is 24.8 Å². The average molecular weight is 458 g/mol. The van der Waals surface area contributed by atoms with Crippen LogP contribution in [0.1, 0.15) is 29.4 Å². The monoisotopic (exact) mass is 457 g/mol. The molecule has 0 spiro atoms. The molecule has 1 amide bonds. The van der Waals surface area contributed by atoms with Gasteiger partial charge in [-0.15, -0.1) is 0 Å². The van der Waals surface area contributed by atoms with Gasteiger partial charge in [-0.05, 0) is 11.1 Å². The van der Waals surface area contributed by atoms with Crippen molar-refractivity contribution in [3.8, 4) is 11.3 Å². The zero-order chi connectivity index (χ0) is 22.8. The van der Waals surface area contributed by atoms with E-state index in [1.165, 1.54) is 0 Å². The van der Waals surface area contributed by atoms with Crippen LogP contribution < -0.4 is 0 Å². The standard InChI is InChI=1S/C26H23N3O3S/c30-24-16-17-28-18-23(21-12-6-2-7-13-21)27-26(28)25(22-14-8-3-9-15-22)29(24)33(31,32)19-20-10-4-1-5-11-20/h1-15,18,25H,16-17,19H2. The normalized spacial score (nSPS) is 16.3. The Balaban J connectivity index is 1.65. The number of imidazole rings is 1. The van der Waals surface area contributed by atoms with Crippen LogP contribution in [-0.4, -0.2) is 28.2 Å². The zero-order valence-electron chi connectivity index (χ0n) is 17.9. The minimum Gasteiger partial charge on any atom is -0.332 e. The molecule has 0 bridgehead atoms. The lowest BCUT2D eigenvalue weighted by Gasteiger charge is -2.29. The van der Waals surface area contributed by atoms with Crippen LogP contribution in [0.25, 0.3) is 11.3 Å². The van der Waals surface area contributed by atoms with E-state index in [4.69, 9.17) is 4.98 Å². The molecule has 5 rings (SSSR count). The summed E-state index contributed by atoms with van der Waals surface area (Å²) in [6.07, 6.45) is 1.98. The molecule has 0 aliphatic carbocycles. The van der Waals surface area contributed by atoms with Crippen molar-refractivity contribution in [1.29, 1.82) is 0 Å². The highest BCUT2D eigenvalue weighted by Crippen LogP contribution is 2.36. The molecule has 3 aromatic carbocycles. The second-order valence-corrected chi connectivity index (χ2v) is 9.88. The lowest BCUT2D eigenvalue weighted by atomic mass is 10.1. The number of sulfonamides is 1. The van der Waals surface area contributed by atoms with E-state index in [9.17, 15) is 13.2 Å². The van der Waals surface area contributed by atoms with Crippen LogP contribution in [-0.2, 0) is 27.1 Å². The summed E-state index contributed by atoms with van der Waals surface area (Å²) in [5.41, 5.74) is 3.03. The van der Waals surface area contributed by atoms with Crippen molar-refractivity contribution in [3.05, 3.63) is 114 Å². The molecule has 4 aromatic rings. The molecular weight excluding hydrogens is 434 g/mol. The van der Waals surface area contributed by atoms with Gasteiger partial charge in [0.25, 0.3) is 0 Å². The molecule has 2 heterocycles. The van der Waals surface area contributed by atoms with Crippen molar-refractivity contribution in [2.24, 2.45) is 0 Å². The fourth-order valence-electron chi connectivity index (χ4n) is 4.24. The third kappa shape index (κ3) is 4.19. The molecule has 0 saturated carbocycles. The van der Waals surface area contributed by atoms with Crippen LogP contribution >= 0.6 is 0 Å². The predicted molar refractivity (Wildman–Crippen MR) is 126 cm³/mol. The number of carbonyl (C=O) groups is 1. The van der Waals surface area contributed by atoms with Crippen molar-refractivity contribution < 1.29 is 13.2 Å². The van der Waals surface area contributed by atoms with Gasteiger partial charge in [0.1, 0.15) is 11.9 Å². The van der Waals surface area contributed by atoms with E-state index in [1.54, 1.807) is 24.3 Å². The number of hydrogen-bond donors (Lipinski definition) is 0. The number of nitrogens with zero attached hydrogens (tertiary/aromatic N) is 3. The third-order valence-corrected chi connectivity index (χ3v) is 7.49. The van der Waals surface area contributed by atoms with Crippen LogP contribution in [0.3, 0.4) is 0 Å². The summed E-state index contributed by atoms with van der Waals surface area (Å²) in [4.78, 5) is 18.1. The van der Waals surface area contributed by atoms with E-state index in [1.807, 2.05) is 77.5 Å². The molecule has 6 nitrogen and oxygen atoms in total. The summed E-state index contributed by atoms with van der Waals surface area (Å²) in [6, 6.07) is 27.1. The summed E-state index contributed by atoms with van der Waals surface area (Å²) in [6.45, 7) is 0.370. The molecule has 166 valence electrons. The van der Waals surface area contributed by atoms with Gasteiger partial charge in [0.05, 0.1) is 11.4 Å². The van der Waals surface area contributed by atoms with E-state index in [0.717, 1.165) is 15.6 Å². The molecule has 1 aliphatic heterocycles. The van der Waals surface area contributed by atoms with Gasteiger partial charge in [-0.25, -0.2) is 17.7 Å². The fourth-order valence-corrected chi connectivity index (χ4v) is 5.93. The smallest absolute Gasteiger partial charge is 0.242 e. The molecule has 1 aliphatic rings. The Bertz CT molecular complexity index is 1370. The molecule has 0 fully saturated rings. The highest BCUT2D eigenvalue weighted by atomic mass is 32.2. The van der Waals surface area contributed by atoms with E-state index < -0.39 is 22.0 Å². The minimum absolute atomic E-state index is 0.0783. The number of benzene rings is 3. The van der Waals surface area contributed by atoms with Gasteiger partial charge in [-0.1, -0.05) is 91.0 Å². The Labute approximate surface area is 193 Å². The lowest BCUT2D eigenvalue weighted by Crippen LogP contribution is -2.40. The van der Waals surface area contributed by atoms with Gasteiger partial charge in [0.2, 0.25) is 15.9 Å². The molecule has 33 heavy (non-hydrogen) atoms. The maximum absolute atomic E-state index is 13.7. The lowest BCUT2D eigenvalue weighted by molar-refractivity contribution is -0.127. The second kappa shape index (κ2) is 8.67. The van der Waals surface area contributed by atoms with Gasteiger partial charge in [-0.2, -0.15) is 0 Å². The maximum atomic E-state index is 13.7. The second-order valence-electron chi connectivity index (χ2n) is 8.04. The highest BCUT2D eigenvalue weighted by Gasteiger charge is 2.40. The Morgan fingerprint density at radius 1 is 0.848 bits per heavy atom. The van der Waals surface area contributed by atoms with Crippen LogP contribution in [0.2, 0.25) is 0 Å². The average Bonchev–Trinajstić information content (AvgIpc) is 3.20. The fraction of sp³-hybridized carbons (Fsp3) is 0.154. The zero-order valence-corrected chi connectivity index (χ0v) is 18.7. The number of aromatic nitrogens is 2. The van der Waals surface area contributed by atoms with E-state index in [2.05, 4.69) is 0 Å². The molecular formula is C26H23N3O3S. The molecule has 1 aromatic heterocycles. The Morgan fingerprint density at radius 3 is 2.12 bits per heavy atom. The number of aryl methyl sites for hydroxylation is 1. The summed E-state index contributed by atoms with van der Waals surface area (Å²) in [5.74, 6) is -0.135. The van der Waals surface area contributed by atoms with Crippen LogP contribution in [0.15, 0.2) is 97.2 Å². The highest BCUT2D eigenvalue weighted by molar-refractivity contribution is 7.88.